The number of carboxylic acids is 1. The van der Waals surface area contributed by atoms with E-state index in [1.165, 1.54) is 0 Å². The highest BCUT2D eigenvalue weighted by molar-refractivity contribution is 5.70. The maximum absolute atomic E-state index is 10.6. The van der Waals surface area contributed by atoms with Gasteiger partial charge in [0, 0.05) is 5.92 Å². The van der Waals surface area contributed by atoms with Crippen molar-refractivity contribution < 1.29 is 14.7 Å². The summed E-state index contributed by atoms with van der Waals surface area (Å²) in [7, 11) is 0. The van der Waals surface area contributed by atoms with Gasteiger partial charge >= 0.3 is 5.97 Å². The largest absolute Gasteiger partial charge is 0.481 e. The van der Waals surface area contributed by atoms with E-state index in [-0.39, 0.29) is 12.3 Å². The van der Waals surface area contributed by atoms with Crippen molar-refractivity contribution in [2.24, 2.45) is 5.92 Å². The van der Waals surface area contributed by atoms with E-state index in [0.717, 1.165) is 35.8 Å². The van der Waals surface area contributed by atoms with Gasteiger partial charge in [0.2, 0.25) is 0 Å². The zero-order valence-corrected chi connectivity index (χ0v) is 10.3. The Labute approximate surface area is 101 Å². The third-order valence-corrected chi connectivity index (χ3v) is 2.78. The van der Waals surface area contributed by atoms with Crippen molar-refractivity contribution in [2.45, 2.75) is 33.1 Å². The first-order valence-corrected chi connectivity index (χ1v) is 5.84. The summed E-state index contributed by atoms with van der Waals surface area (Å²) in [4.78, 5) is 21.3. The van der Waals surface area contributed by atoms with Crippen molar-refractivity contribution in [2.75, 3.05) is 0 Å². The zero-order valence-electron chi connectivity index (χ0n) is 10.3. The third kappa shape index (κ3) is 4.02. The Morgan fingerprint density at radius 3 is 2.65 bits per heavy atom. The third-order valence-electron chi connectivity index (χ3n) is 2.78. The molecule has 1 N–H and O–H groups in total. The van der Waals surface area contributed by atoms with Gasteiger partial charge in [-0.2, -0.15) is 0 Å². The Balaban J connectivity index is 2.92. The van der Waals surface area contributed by atoms with E-state index in [0.29, 0.717) is 0 Å². The first kappa shape index (κ1) is 13.4. The zero-order chi connectivity index (χ0) is 12.8. The van der Waals surface area contributed by atoms with Crippen LogP contribution in [0.4, 0.5) is 0 Å². The van der Waals surface area contributed by atoms with Crippen LogP contribution in [0.1, 0.15) is 30.5 Å². The number of hydrogen-bond acceptors (Lipinski definition) is 2. The Kier molecular flexibility index (Phi) is 4.88. The van der Waals surface area contributed by atoms with Gasteiger partial charge in [-0.3, -0.25) is 4.79 Å². The van der Waals surface area contributed by atoms with Gasteiger partial charge < -0.3 is 9.90 Å². The van der Waals surface area contributed by atoms with Crippen LogP contribution in [0.2, 0.25) is 0 Å². The van der Waals surface area contributed by atoms with E-state index in [2.05, 4.69) is 0 Å². The molecule has 0 amide bonds. The molecule has 0 aliphatic heterocycles. The number of carboxylic acid groups (broad SMARTS) is 1. The number of rotatable bonds is 6. The predicted molar refractivity (Wildman–Crippen MR) is 66.1 cm³/mol. The molecule has 0 saturated carbocycles. The summed E-state index contributed by atoms with van der Waals surface area (Å²) >= 11 is 0. The fourth-order valence-corrected chi connectivity index (χ4v) is 1.89. The molecule has 3 nitrogen and oxygen atoms in total. The van der Waals surface area contributed by atoms with Gasteiger partial charge in [0.15, 0.2) is 0 Å². The molecule has 0 aliphatic rings. The van der Waals surface area contributed by atoms with Crippen molar-refractivity contribution in [3.8, 4) is 0 Å². The number of carbonyl (C=O) groups is 2. The summed E-state index contributed by atoms with van der Waals surface area (Å²) in [6.07, 6.45) is 2.58. The Morgan fingerprint density at radius 1 is 1.41 bits per heavy atom. The standard InChI is InChI=1S/C14H18O3/c1-3-12-7-11(8-14(16)17)4-5-13(12)6-10(2)9-15/h4-5,7,9-10H,3,6,8H2,1-2H3,(H,16,17). The Bertz CT molecular complexity index is 410. The highest BCUT2D eigenvalue weighted by Gasteiger charge is 2.08. The molecule has 0 fully saturated rings. The van der Waals surface area contributed by atoms with Gasteiger partial charge in [0.25, 0.3) is 0 Å². The topological polar surface area (TPSA) is 54.4 Å². The number of aldehydes is 1. The first-order valence-electron chi connectivity index (χ1n) is 5.84. The minimum atomic E-state index is -0.818. The SMILES string of the molecule is CCc1cc(CC(=O)O)ccc1CC(C)C=O. The molecule has 1 aromatic carbocycles. The maximum atomic E-state index is 10.6. The highest BCUT2D eigenvalue weighted by Crippen LogP contribution is 2.17. The van der Waals surface area contributed by atoms with Crippen LogP contribution < -0.4 is 0 Å². The molecule has 0 heterocycles. The Hall–Kier alpha value is -1.64. The number of aliphatic carboxylic acids is 1. The number of aryl methyl sites for hydroxylation is 1. The smallest absolute Gasteiger partial charge is 0.307 e. The van der Waals surface area contributed by atoms with Crippen LogP contribution >= 0.6 is 0 Å². The molecule has 0 bridgehead atoms. The fourth-order valence-electron chi connectivity index (χ4n) is 1.89. The molecule has 0 saturated heterocycles. The molecule has 0 radical (unpaired) electrons. The van der Waals surface area contributed by atoms with E-state index < -0.39 is 5.97 Å². The van der Waals surface area contributed by atoms with Crippen LogP contribution in [0.5, 0.6) is 0 Å². The van der Waals surface area contributed by atoms with Crippen molar-refractivity contribution >= 4 is 12.3 Å². The molecule has 0 aliphatic carbocycles. The van der Waals surface area contributed by atoms with Gasteiger partial charge in [-0.15, -0.1) is 0 Å². The average molecular weight is 234 g/mol. The lowest BCUT2D eigenvalue weighted by Gasteiger charge is -2.11. The molecule has 17 heavy (non-hydrogen) atoms. The van der Waals surface area contributed by atoms with Gasteiger partial charge in [0.05, 0.1) is 6.42 Å². The van der Waals surface area contributed by atoms with Gasteiger partial charge in [-0.1, -0.05) is 32.0 Å². The van der Waals surface area contributed by atoms with Gasteiger partial charge in [0.1, 0.15) is 6.29 Å². The molecule has 3 heteroatoms. The van der Waals surface area contributed by atoms with Crippen molar-refractivity contribution in [1.29, 1.82) is 0 Å². The molecular weight excluding hydrogens is 216 g/mol. The van der Waals surface area contributed by atoms with Crippen LogP contribution in [0.15, 0.2) is 18.2 Å². The molecular formula is C14H18O3. The van der Waals surface area contributed by atoms with E-state index in [9.17, 15) is 9.59 Å². The predicted octanol–water partition coefficient (Wildman–Crippen LogP) is 2.25. The van der Waals surface area contributed by atoms with Crippen LogP contribution in [0.25, 0.3) is 0 Å². The van der Waals surface area contributed by atoms with E-state index in [1.54, 1.807) is 0 Å². The number of carbonyl (C=O) groups excluding carboxylic acids is 1. The summed E-state index contributed by atoms with van der Waals surface area (Å²) < 4.78 is 0. The Morgan fingerprint density at radius 2 is 2.12 bits per heavy atom. The summed E-state index contributed by atoms with van der Waals surface area (Å²) in [5.74, 6) is -0.813. The average Bonchev–Trinajstić information content (AvgIpc) is 2.30. The number of benzene rings is 1. The molecule has 0 aromatic heterocycles. The number of hydrogen-bond donors (Lipinski definition) is 1. The van der Waals surface area contributed by atoms with E-state index in [4.69, 9.17) is 5.11 Å². The van der Waals surface area contributed by atoms with Crippen LogP contribution in [0.3, 0.4) is 0 Å². The summed E-state index contributed by atoms with van der Waals surface area (Å²) in [5.41, 5.74) is 3.09. The minimum Gasteiger partial charge on any atom is -0.481 e. The molecule has 1 unspecified atom stereocenters. The lowest BCUT2D eigenvalue weighted by Crippen LogP contribution is -2.06. The van der Waals surface area contributed by atoms with Crippen molar-refractivity contribution in [3.05, 3.63) is 34.9 Å². The molecule has 0 spiro atoms. The van der Waals surface area contributed by atoms with E-state index >= 15 is 0 Å². The quantitative estimate of drug-likeness (QED) is 0.768. The normalized spacial score (nSPS) is 12.1. The van der Waals surface area contributed by atoms with Crippen LogP contribution in [-0.4, -0.2) is 17.4 Å². The van der Waals surface area contributed by atoms with E-state index in [1.807, 2.05) is 32.0 Å². The van der Waals surface area contributed by atoms with Gasteiger partial charge in [-0.05, 0) is 29.5 Å². The van der Waals surface area contributed by atoms with Crippen LogP contribution in [-0.2, 0) is 28.9 Å². The summed E-state index contributed by atoms with van der Waals surface area (Å²) in [5, 5.41) is 8.74. The molecule has 1 atom stereocenters. The monoisotopic (exact) mass is 234 g/mol. The molecule has 1 rings (SSSR count). The highest BCUT2D eigenvalue weighted by atomic mass is 16.4. The van der Waals surface area contributed by atoms with Crippen molar-refractivity contribution in [3.63, 3.8) is 0 Å². The van der Waals surface area contributed by atoms with Crippen LogP contribution in [0, 0.1) is 5.92 Å². The molecule has 1 aromatic rings. The fraction of sp³-hybridized carbons (Fsp3) is 0.429. The van der Waals surface area contributed by atoms with Crippen molar-refractivity contribution in [1.82, 2.24) is 0 Å². The lowest BCUT2D eigenvalue weighted by molar-refractivity contribution is -0.136. The second kappa shape index (κ2) is 6.18. The summed E-state index contributed by atoms with van der Waals surface area (Å²) in [6.45, 7) is 3.92. The summed E-state index contributed by atoms with van der Waals surface area (Å²) in [6, 6.07) is 5.71. The van der Waals surface area contributed by atoms with Gasteiger partial charge in [-0.25, -0.2) is 0 Å². The lowest BCUT2D eigenvalue weighted by atomic mass is 9.94. The second-order valence-corrected chi connectivity index (χ2v) is 4.34. The first-order chi connectivity index (χ1) is 8.06. The minimum absolute atomic E-state index is 0.00521. The second-order valence-electron chi connectivity index (χ2n) is 4.34. The maximum Gasteiger partial charge on any atom is 0.307 e. The molecule has 92 valence electrons.